The Morgan fingerprint density at radius 2 is 2.13 bits per heavy atom. The molecule has 1 fully saturated rings. The summed E-state index contributed by atoms with van der Waals surface area (Å²) >= 11 is 0. The summed E-state index contributed by atoms with van der Waals surface area (Å²) in [6, 6.07) is 4.88. The highest BCUT2D eigenvalue weighted by Gasteiger charge is 2.24. The average molecular weight is 307 g/mol. The van der Waals surface area contributed by atoms with Crippen LogP contribution in [0.4, 0.5) is 0 Å². The molecule has 0 bridgehead atoms. The molecule has 0 atom stereocenters. The summed E-state index contributed by atoms with van der Waals surface area (Å²) in [4.78, 5) is 12.2. The molecule has 4 rings (SSSR count). The van der Waals surface area contributed by atoms with Crippen molar-refractivity contribution in [3.8, 4) is 6.07 Å². The molecule has 5 heteroatoms. The van der Waals surface area contributed by atoms with E-state index in [0.29, 0.717) is 12.5 Å². The lowest BCUT2D eigenvalue weighted by Crippen LogP contribution is -2.17. The number of unbranched alkanes of at least 4 members (excludes halogenated alkanes) is 1. The highest BCUT2D eigenvalue weighted by atomic mass is 15.1. The van der Waals surface area contributed by atoms with Crippen LogP contribution in [-0.2, 0) is 0 Å². The molecule has 1 aliphatic rings. The number of rotatable bonds is 4. The highest BCUT2D eigenvalue weighted by Crippen LogP contribution is 2.37. The van der Waals surface area contributed by atoms with Crippen LogP contribution in [0.1, 0.15) is 51.0 Å². The number of aromatic amines is 1. The van der Waals surface area contributed by atoms with Crippen molar-refractivity contribution in [2.75, 3.05) is 0 Å². The third kappa shape index (κ3) is 2.59. The smallest absolute Gasteiger partial charge is 0.139 e. The van der Waals surface area contributed by atoms with E-state index in [1.165, 1.54) is 37.6 Å². The van der Waals surface area contributed by atoms with E-state index in [0.717, 1.165) is 28.9 Å². The number of hydrogen-bond acceptors (Lipinski definition) is 3. The number of nitrogens with one attached hydrogen (secondary N) is 1. The van der Waals surface area contributed by atoms with Gasteiger partial charge in [-0.15, -0.1) is 0 Å². The molecule has 0 unspecified atom stereocenters. The molecule has 0 spiro atoms. The molecule has 0 aromatic carbocycles. The largest absolute Gasteiger partial charge is 0.346 e. The van der Waals surface area contributed by atoms with Gasteiger partial charge in [0.15, 0.2) is 0 Å². The summed E-state index contributed by atoms with van der Waals surface area (Å²) in [5.74, 6) is 0.795. The topological polar surface area (TPSA) is 70.3 Å². The van der Waals surface area contributed by atoms with Gasteiger partial charge in [-0.3, -0.25) is 0 Å². The number of aromatic nitrogens is 4. The van der Waals surface area contributed by atoms with Crippen molar-refractivity contribution in [2.24, 2.45) is 5.92 Å². The van der Waals surface area contributed by atoms with Crippen LogP contribution < -0.4 is 0 Å². The Morgan fingerprint density at radius 3 is 2.96 bits per heavy atom. The van der Waals surface area contributed by atoms with Gasteiger partial charge in [-0.25, -0.2) is 9.97 Å². The zero-order chi connectivity index (χ0) is 15.6. The fourth-order valence-electron chi connectivity index (χ4n) is 3.99. The van der Waals surface area contributed by atoms with Crippen LogP contribution >= 0.6 is 0 Å². The first-order chi connectivity index (χ1) is 11.4. The molecule has 118 valence electrons. The standard InChI is InChI=1S/C18H21N5/c19-9-2-1-3-13-4-6-14(7-5-13)23-12-22-16-11-21-18-15(17(16)23)8-10-20-18/h8,10-14H,1-7H2,(H,20,21). The summed E-state index contributed by atoms with van der Waals surface area (Å²) in [6.07, 6.45) is 13.7. The fraction of sp³-hybridized carbons (Fsp3) is 0.500. The van der Waals surface area contributed by atoms with Crippen molar-refractivity contribution >= 4 is 22.1 Å². The van der Waals surface area contributed by atoms with Crippen LogP contribution in [-0.4, -0.2) is 19.5 Å². The van der Waals surface area contributed by atoms with Crippen molar-refractivity contribution in [1.29, 1.82) is 5.26 Å². The van der Waals surface area contributed by atoms with Crippen LogP contribution in [0.5, 0.6) is 0 Å². The Labute approximate surface area is 135 Å². The molecular weight excluding hydrogens is 286 g/mol. The van der Waals surface area contributed by atoms with Crippen LogP contribution in [0.25, 0.3) is 22.1 Å². The molecule has 3 heterocycles. The van der Waals surface area contributed by atoms with E-state index in [1.807, 2.05) is 18.7 Å². The minimum atomic E-state index is 0.535. The Bertz CT molecular complexity index is 845. The van der Waals surface area contributed by atoms with Gasteiger partial charge in [-0.05, 0) is 50.5 Å². The summed E-state index contributed by atoms with van der Waals surface area (Å²) in [5, 5.41) is 9.83. The maximum Gasteiger partial charge on any atom is 0.139 e. The molecular formula is C18H21N5. The first-order valence-corrected chi connectivity index (χ1v) is 8.52. The number of imidazole rings is 1. The zero-order valence-corrected chi connectivity index (χ0v) is 13.2. The lowest BCUT2D eigenvalue weighted by Gasteiger charge is -2.29. The van der Waals surface area contributed by atoms with Crippen LogP contribution in [0.15, 0.2) is 24.8 Å². The molecule has 3 aromatic rings. The average Bonchev–Trinajstić information content (AvgIpc) is 3.21. The van der Waals surface area contributed by atoms with Gasteiger partial charge in [0.25, 0.3) is 0 Å². The van der Waals surface area contributed by atoms with E-state index in [1.54, 1.807) is 0 Å². The molecule has 3 aromatic heterocycles. The van der Waals surface area contributed by atoms with Crippen molar-refractivity contribution < 1.29 is 0 Å². The molecule has 0 amide bonds. The van der Waals surface area contributed by atoms with Gasteiger partial charge in [-0.2, -0.15) is 5.26 Å². The van der Waals surface area contributed by atoms with E-state index >= 15 is 0 Å². The molecule has 1 saturated carbocycles. The van der Waals surface area contributed by atoms with E-state index < -0.39 is 0 Å². The maximum atomic E-state index is 8.66. The molecule has 0 saturated heterocycles. The fourth-order valence-corrected chi connectivity index (χ4v) is 3.99. The van der Waals surface area contributed by atoms with Crippen molar-refractivity contribution in [2.45, 2.75) is 51.0 Å². The summed E-state index contributed by atoms with van der Waals surface area (Å²) in [6.45, 7) is 0. The lowest BCUT2D eigenvalue weighted by molar-refractivity contribution is 0.264. The predicted molar refractivity (Wildman–Crippen MR) is 89.8 cm³/mol. The Balaban J connectivity index is 1.54. The number of pyridine rings is 1. The van der Waals surface area contributed by atoms with Crippen LogP contribution in [0.2, 0.25) is 0 Å². The Kier molecular flexibility index (Phi) is 3.74. The highest BCUT2D eigenvalue weighted by molar-refractivity contribution is 6.00. The Morgan fingerprint density at radius 1 is 1.26 bits per heavy atom. The molecule has 1 N–H and O–H groups in total. The van der Waals surface area contributed by atoms with Gasteiger partial charge >= 0.3 is 0 Å². The van der Waals surface area contributed by atoms with Gasteiger partial charge in [-0.1, -0.05) is 0 Å². The van der Waals surface area contributed by atoms with Gasteiger partial charge in [0, 0.05) is 24.0 Å². The maximum absolute atomic E-state index is 8.66. The van der Waals surface area contributed by atoms with Crippen LogP contribution in [0.3, 0.4) is 0 Å². The molecule has 0 aliphatic heterocycles. The number of hydrogen-bond donors (Lipinski definition) is 1. The summed E-state index contributed by atoms with van der Waals surface area (Å²) < 4.78 is 2.36. The number of H-pyrrole nitrogens is 1. The minimum absolute atomic E-state index is 0.535. The SMILES string of the molecule is N#CCCCC1CCC(n2cnc3cnc4[nH]ccc4c32)CC1. The second-order valence-electron chi connectivity index (χ2n) is 6.61. The summed E-state index contributed by atoms with van der Waals surface area (Å²) in [7, 11) is 0. The number of fused-ring (bicyclic) bond motifs is 3. The van der Waals surface area contributed by atoms with Crippen molar-refractivity contribution in [3.63, 3.8) is 0 Å². The van der Waals surface area contributed by atoms with E-state index in [2.05, 4.69) is 31.7 Å². The summed E-state index contributed by atoms with van der Waals surface area (Å²) in [5.41, 5.74) is 3.13. The van der Waals surface area contributed by atoms with E-state index in [-0.39, 0.29) is 0 Å². The third-order valence-corrected chi connectivity index (χ3v) is 5.23. The second kappa shape index (κ2) is 6.04. The number of nitrogens with zero attached hydrogens (tertiary/aromatic N) is 4. The monoisotopic (exact) mass is 307 g/mol. The molecule has 23 heavy (non-hydrogen) atoms. The number of nitriles is 1. The zero-order valence-electron chi connectivity index (χ0n) is 13.2. The van der Waals surface area contributed by atoms with Gasteiger partial charge in [0.05, 0.1) is 24.1 Å². The Hall–Kier alpha value is -2.35. The lowest BCUT2D eigenvalue weighted by atomic mass is 9.83. The van der Waals surface area contributed by atoms with E-state index in [9.17, 15) is 0 Å². The second-order valence-corrected chi connectivity index (χ2v) is 6.61. The van der Waals surface area contributed by atoms with Gasteiger partial charge < -0.3 is 9.55 Å². The normalized spacial score (nSPS) is 21.7. The van der Waals surface area contributed by atoms with Crippen LogP contribution in [0, 0.1) is 17.2 Å². The van der Waals surface area contributed by atoms with Gasteiger partial charge in [0.1, 0.15) is 11.2 Å². The first kappa shape index (κ1) is 14.3. The predicted octanol–water partition coefficient (Wildman–Crippen LogP) is 4.34. The minimum Gasteiger partial charge on any atom is -0.346 e. The van der Waals surface area contributed by atoms with Gasteiger partial charge in [0.2, 0.25) is 0 Å². The third-order valence-electron chi connectivity index (χ3n) is 5.23. The molecule has 5 nitrogen and oxygen atoms in total. The molecule has 1 aliphatic carbocycles. The molecule has 0 radical (unpaired) electrons. The van der Waals surface area contributed by atoms with Crippen molar-refractivity contribution in [1.82, 2.24) is 19.5 Å². The quantitative estimate of drug-likeness (QED) is 0.729. The van der Waals surface area contributed by atoms with E-state index in [4.69, 9.17) is 5.26 Å². The first-order valence-electron chi connectivity index (χ1n) is 8.52. The van der Waals surface area contributed by atoms with Crippen molar-refractivity contribution in [3.05, 3.63) is 24.8 Å².